The highest BCUT2D eigenvalue weighted by atomic mass is 19.1. The summed E-state index contributed by atoms with van der Waals surface area (Å²) in [6.45, 7) is 2.51. The van der Waals surface area contributed by atoms with Crippen LogP contribution in [0.3, 0.4) is 0 Å². The summed E-state index contributed by atoms with van der Waals surface area (Å²) < 4.78 is 18.9. The molecule has 0 aromatic heterocycles. The van der Waals surface area contributed by atoms with E-state index in [4.69, 9.17) is 4.74 Å². The van der Waals surface area contributed by atoms with Crippen LogP contribution >= 0.6 is 0 Å². The van der Waals surface area contributed by atoms with E-state index in [0.717, 1.165) is 19.6 Å². The quantitative estimate of drug-likeness (QED) is 0.350. The Morgan fingerprint density at radius 2 is 1.89 bits per heavy atom. The van der Waals surface area contributed by atoms with Crippen LogP contribution in [0.4, 0.5) is 4.39 Å². The molecule has 7 heteroatoms. The van der Waals surface area contributed by atoms with E-state index in [0.29, 0.717) is 19.0 Å². The number of methoxy groups -OCH3 is 1. The first-order valence-electron chi connectivity index (χ1n) is 9.56. The third-order valence-corrected chi connectivity index (χ3v) is 5.18. The molecule has 0 aliphatic heterocycles. The van der Waals surface area contributed by atoms with E-state index in [1.165, 1.54) is 37.8 Å². The van der Waals surface area contributed by atoms with E-state index in [1.54, 1.807) is 26.3 Å². The van der Waals surface area contributed by atoms with Gasteiger partial charge in [-0.3, -0.25) is 9.79 Å². The molecule has 1 aromatic carbocycles. The molecule has 1 fully saturated rings. The summed E-state index contributed by atoms with van der Waals surface area (Å²) in [6.07, 6.45) is 5.99. The van der Waals surface area contributed by atoms with Crippen molar-refractivity contribution >= 4 is 11.9 Å². The maximum atomic E-state index is 13.6. The highest BCUT2D eigenvalue weighted by Crippen LogP contribution is 2.40. The van der Waals surface area contributed by atoms with Crippen molar-refractivity contribution in [1.82, 2.24) is 16.0 Å². The van der Waals surface area contributed by atoms with Crippen molar-refractivity contribution in [2.24, 2.45) is 10.4 Å². The summed E-state index contributed by atoms with van der Waals surface area (Å²) in [7, 11) is 3.47. The highest BCUT2D eigenvalue weighted by Gasteiger charge is 2.33. The second-order valence-corrected chi connectivity index (χ2v) is 7.04. The average Bonchev–Trinajstić information content (AvgIpc) is 3.15. The van der Waals surface area contributed by atoms with Gasteiger partial charge >= 0.3 is 0 Å². The summed E-state index contributed by atoms with van der Waals surface area (Å²) in [5.41, 5.74) is 0.327. The van der Waals surface area contributed by atoms with Gasteiger partial charge in [0.05, 0.1) is 5.56 Å². The molecule has 1 aliphatic rings. The van der Waals surface area contributed by atoms with Crippen LogP contribution in [0.25, 0.3) is 0 Å². The smallest absolute Gasteiger partial charge is 0.254 e. The van der Waals surface area contributed by atoms with Crippen molar-refractivity contribution in [3.63, 3.8) is 0 Å². The van der Waals surface area contributed by atoms with Crippen LogP contribution in [0.2, 0.25) is 0 Å². The number of carbonyl (C=O) groups excluding carboxylic acids is 1. The van der Waals surface area contributed by atoms with Crippen LogP contribution in [0.1, 0.15) is 42.5 Å². The van der Waals surface area contributed by atoms with Gasteiger partial charge in [0.1, 0.15) is 5.82 Å². The molecule has 6 nitrogen and oxygen atoms in total. The number of nitrogens with one attached hydrogen (secondary N) is 3. The average molecular weight is 378 g/mol. The number of nitrogens with zero attached hydrogens (tertiary/aromatic N) is 1. The minimum absolute atomic E-state index is 0.0568. The molecule has 1 aromatic rings. The van der Waals surface area contributed by atoms with Crippen LogP contribution in [-0.2, 0) is 4.74 Å². The number of aliphatic imine (C=N–C) groups is 1. The standard InChI is InChI=1S/C20H31FN4O2/c1-22-19(25-15-20(11-14-27-2)9-5-6-10-20)24-13-12-23-18(26)16-7-3-4-8-17(16)21/h3-4,7-8H,5-6,9-15H2,1-2H3,(H,23,26)(H2,22,24,25). The van der Waals surface area contributed by atoms with Crippen LogP contribution in [0, 0.1) is 11.2 Å². The second-order valence-electron chi connectivity index (χ2n) is 7.04. The fourth-order valence-electron chi connectivity index (χ4n) is 3.55. The van der Waals surface area contributed by atoms with Crippen molar-refractivity contribution in [1.29, 1.82) is 0 Å². The van der Waals surface area contributed by atoms with Crippen LogP contribution in [0.15, 0.2) is 29.3 Å². The Labute approximate surface area is 161 Å². The van der Waals surface area contributed by atoms with Gasteiger partial charge in [0.15, 0.2) is 5.96 Å². The molecule has 0 atom stereocenters. The van der Waals surface area contributed by atoms with Crippen LogP contribution < -0.4 is 16.0 Å². The molecule has 2 rings (SSSR count). The molecule has 3 N–H and O–H groups in total. The predicted octanol–water partition coefficient (Wildman–Crippen LogP) is 2.32. The van der Waals surface area contributed by atoms with E-state index in [1.807, 2.05) is 0 Å². The van der Waals surface area contributed by atoms with E-state index in [9.17, 15) is 9.18 Å². The number of amides is 1. The number of hydrogen-bond acceptors (Lipinski definition) is 3. The first-order chi connectivity index (χ1) is 13.1. The fourth-order valence-corrected chi connectivity index (χ4v) is 3.55. The number of benzene rings is 1. The van der Waals surface area contributed by atoms with Gasteiger partial charge in [-0.25, -0.2) is 4.39 Å². The van der Waals surface area contributed by atoms with Gasteiger partial charge < -0.3 is 20.7 Å². The molecular formula is C20H31FN4O2. The Morgan fingerprint density at radius 3 is 2.56 bits per heavy atom. The minimum Gasteiger partial charge on any atom is -0.385 e. The Balaban J connectivity index is 1.72. The lowest BCUT2D eigenvalue weighted by atomic mass is 9.83. The SMILES string of the molecule is CN=C(NCCNC(=O)c1ccccc1F)NCC1(CCOC)CCCC1. The molecule has 0 radical (unpaired) electrons. The summed E-state index contributed by atoms with van der Waals surface area (Å²) in [5, 5.41) is 9.30. The second kappa shape index (κ2) is 10.9. The number of hydrogen-bond donors (Lipinski definition) is 3. The van der Waals surface area contributed by atoms with E-state index >= 15 is 0 Å². The zero-order chi connectivity index (χ0) is 19.5. The van der Waals surface area contributed by atoms with Gasteiger partial charge in [-0.15, -0.1) is 0 Å². The third kappa shape index (κ3) is 6.50. The van der Waals surface area contributed by atoms with Crippen molar-refractivity contribution in [3.05, 3.63) is 35.6 Å². The Morgan fingerprint density at radius 1 is 1.19 bits per heavy atom. The monoisotopic (exact) mass is 378 g/mol. The molecule has 0 heterocycles. The Bertz CT molecular complexity index is 630. The number of carbonyl (C=O) groups is 1. The van der Waals surface area contributed by atoms with E-state index < -0.39 is 11.7 Å². The predicted molar refractivity (Wildman–Crippen MR) is 105 cm³/mol. The van der Waals surface area contributed by atoms with Crippen LogP contribution in [-0.4, -0.2) is 52.3 Å². The Kier molecular flexibility index (Phi) is 8.51. The number of ether oxygens (including phenoxy) is 1. The zero-order valence-corrected chi connectivity index (χ0v) is 16.3. The molecular weight excluding hydrogens is 347 g/mol. The van der Waals surface area contributed by atoms with Gasteiger partial charge in [0, 0.05) is 40.4 Å². The van der Waals surface area contributed by atoms with Gasteiger partial charge in [-0.2, -0.15) is 0 Å². The van der Waals surface area contributed by atoms with Gasteiger partial charge in [-0.05, 0) is 36.8 Å². The topological polar surface area (TPSA) is 74.8 Å². The fraction of sp³-hybridized carbons (Fsp3) is 0.600. The third-order valence-electron chi connectivity index (χ3n) is 5.18. The molecule has 1 aliphatic carbocycles. The Hall–Kier alpha value is -2.15. The van der Waals surface area contributed by atoms with Crippen molar-refractivity contribution < 1.29 is 13.9 Å². The molecule has 0 saturated heterocycles. The van der Waals surface area contributed by atoms with Crippen molar-refractivity contribution in [2.45, 2.75) is 32.1 Å². The van der Waals surface area contributed by atoms with Crippen molar-refractivity contribution in [3.8, 4) is 0 Å². The summed E-state index contributed by atoms with van der Waals surface area (Å²) in [5.74, 6) is -0.223. The molecule has 1 amide bonds. The number of rotatable bonds is 9. The lowest BCUT2D eigenvalue weighted by Gasteiger charge is -2.30. The first kappa shape index (κ1) is 21.2. The summed E-state index contributed by atoms with van der Waals surface area (Å²) in [6, 6.07) is 5.96. The minimum atomic E-state index is -0.515. The van der Waals surface area contributed by atoms with E-state index in [-0.39, 0.29) is 11.0 Å². The van der Waals surface area contributed by atoms with Gasteiger partial charge in [-0.1, -0.05) is 25.0 Å². The van der Waals surface area contributed by atoms with Gasteiger partial charge in [0.2, 0.25) is 0 Å². The first-order valence-corrected chi connectivity index (χ1v) is 9.56. The lowest BCUT2D eigenvalue weighted by Crippen LogP contribution is -2.45. The van der Waals surface area contributed by atoms with Gasteiger partial charge in [0.25, 0.3) is 5.91 Å². The summed E-state index contributed by atoms with van der Waals surface area (Å²) in [4.78, 5) is 16.2. The maximum absolute atomic E-state index is 13.6. The lowest BCUT2D eigenvalue weighted by molar-refractivity contribution is 0.0950. The van der Waals surface area contributed by atoms with E-state index in [2.05, 4.69) is 20.9 Å². The number of halogens is 1. The molecule has 0 spiro atoms. The molecule has 0 bridgehead atoms. The summed E-state index contributed by atoms with van der Waals surface area (Å²) >= 11 is 0. The van der Waals surface area contributed by atoms with Crippen molar-refractivity contribution in [2.75, 3.05) is 40.4 Å². The molecule has 150 valence electrons. The molecule has 1 saturated carbocycles. The molecule has 0 unspecified atom stereocenters. The molecule has 27 heavy (non-hydrogen) atoms. The zero-order valence-electron chi connectivity index (χ0n) is 16.3. The number of guanidine groups is 1. The maximum Gasteiger partial charge on any atom is 0.254 e. The highest BCUT2D eigenvalue weighted by molar-refractivity contribution is 5.94. The van der Waals surface area contributed by atoms with Crippen LogP contribution in [0.5, 0.6) is 0 Å². The largest absolute Gasteiger partial charge is 0.385 e. The normalized spacial score (nSPS) is 16.2.